The predicted octanol–water partition coefficient (Wildman–Crippen LogP) is 2.19. The summed E-state index contributed by atoms with van der Waals surface area (Å²) >= 11 is 0. The molecule has 0 bridgehead atoms. The highest BCUT2D eigenvalue weighted by Gasteiger charge is 2.19. The van der Waals surface area contributed by atoms with E-state index in [4.69, 9.17) is 9.47 Å². The van der Waals surface area contributed by atoms with Gasteiger partial charge in [0.05, 0.1) is 30.9 Å². The van der Waals surface area contributed by atoms with Gasteiger partial charge in [0, 0.05) is 25.0 Å². The number of aromatic amines is 1. The zero-order valence-corrected chi connectivity index (χ0v) is 16.8. The molecule has 29 heavy (non-hydrogen) atoms. The molecule has 1 aliphatic heterocycles. The number of ether oxygens (including phenoxy) is 2. The van der Waals surface area contributed by atoms with Crippen molar-refractivity contribution in [3.8, 4) is 5.75 Å². The number of anilines is 1. The molecule has 0 fully saturated rings. The molecular weight excluding hydrogens is 374 g/mol. The van der Waals surface area contributed by atoms with E-state index in [0.29, 0.717) is 43.8 Å². The number of amides is 2. The summed E-state index contributed by atoms with van der Waals surface area (Å²) < 4.78 is 11.5. The van der Waals surface area contributed by atoms with Gasteiger partial charge in [-0.2, -0.15) is 0 Å². The molecule has 154 valence electrons. The monoisotopic (exact) mass is 399 g/mol. The largest absolute Gasteiger partial charge is 0.488 e. The lowest BCUT2D eigenvalue weighted by molar-refractivity contribution is -0.115. The van der Waals surface area contributed by atoms with Gasteiger partial charge >= 0.3 is 0 Å². The Morgan fingerprint density at radius 1 is 1.34 bits per heavy atom. The first-order valence-corrected chi connectivity index (χ1v) is 9.44. The van der Waals surface area contributed by atoms with Gasteiger partial charge in [0.15, 0.2) is 6.29 Å². The first-order valence-electron chi connectivity index (χ1n) is 9.44. The number of aldehydes is 1. The zero-order chi connectivity index (χ0) is 21.0. The summed E-state index contributed by atoms with van der Waals surface area (Å²) in [6.07, 6.45) is 0.826. The van der Waals surface area contributed by atoms with Gasteiger partial charge in [-0.15, -0.1) is 0 Å². The van der Waals surface area contributed by atoms with Crippen LogP contribution in [0.2, 0.25) is 0 Å². The van der Waals surface area contributed by atoms with Gasteiger partial charge in [-0.1, -0.05) is 0 Å². The molecule has 3 rings (SSSR count). The Bertz CT molecular complexity index is 921. The van der Waals surface area contributed by atoms with E-state index in [1.807, 2.05) is 25.1 Å². The molecule has 0 aliphatic carbocycles. The fourth-order valence-electron chi connectivity index (χ4n) is 3.18. The number of hydrogen-bond acceptors (Lipinski definition) is 5. The summed E-state index contributed by atoms with van der Waals surface area (Å²) in [6, 6.07) is 7.18. The molecule has 1 aromatic carbocycles. The van der Waals surface area contributed by atoms with Crippen LogP contribution in [0, 0.1) is 6.92 Å². The van der Waals surface area contributed by atoms with Gasteiger partial charge in [0.25, 0.3) is 5.91 Å². The Labute approximate surface area is 169 Å². The van der Waals surface area contributed by atoms with Crippen molar-refractivity contribution in [3.05, 3.63) is 46.8 Å². The van der Waals surface area contributed by atoms with Crippen molar-refractivity contribution in [3.63, 3.8) is 0 Å². The number of carbonyl (C=O) groups is 3. The Morgan fingerprint density at radius 3 is 2.90 bits per heavy atom. The van der Waals surface area contributed by atoms with Crippen LogP contribution in [0.4, 0.5) is 5.69 Å². The lowest BCUT2D eigenvalue weighted by Gasteiger charge is -2.19. The number of aryl methyl sites for hydroxylation is 1. The quantitative estimate of drug-likeness (QED) is 0.497. The third-order valence-corrected chi connectivity index (χ3v) is 4.64. The number of nitrogens with one attached hydrogen (secondary N) is 2. The van der Waals surface area contributed by atoms with Crippen LogP contribution in [-0.2, 0) is 16.0 Å². The number of hydrogen-bond donors (Lipinski definition) is 2. The number of carbonyl (C=O) groups excluding carboxylic acids is 3. The Kier molecular flexibility index (Phi) is 6.33. The van der Waals surface area contributed by atoms with Gasteiger partial charge in [-0.3, -0.25) is 14.4 Å². The molecule has 2 heterocycles. The maximum Gasteiger partial charge on any atom is 0.255 e. The van der Waals surface area contributed by atoms with E-state index in [-0.39, 0.29) is 23.6 Å². The molecule has 1 atom stereocenters. The van der Waals surface area contributed by atoms with Gasteiger partial charge in [0.2, 0.25) is 5.91 Å². The highest BCUT2D eigenvalue weighted by atomic mass is 16.5. The van der Waals surface area contributed by atoms with Gasteiger partial charge in [-0.05, 0) is 43.7 Å². The molecular formula is C21H25N3O5. The van der Waals surface area contributed by atoms with Crippen LogP contribution in [-0.4, -0.2) is 60.9 Å². The summed E-state index contributed by atoms with van der Waals surface area (Å²) in [5.74, 6) is 0.445. The van der Waals surface area contributed by atoms with Crippen molar-refractivity contribution < 1.29 is 23.9 Å². The van der Waals surface area contributed by atoms with Crippen molar-refractivity contribution in [2.75, 3.05) is 32.1 Å². The molecule has 0 radical (unpaired) electrons. The number of benzene rings is 1. The molecule has 0 saturated heterocycles. The second-order valence-electron chi connectivity index (χ2n) is 7.17. The average Bonchev–Trinajstić information content (AvgIpc) is 3.25. The van der Waals surface area contributed by atoms with E-state index in [1.165, 1.54) is 4.90 Å². The molecule has 8 nitrogen and oxygen atoms in total. The molecule has 1 aliphatic rings. The van der Waals surface area contributed by atoms with Crippen molar-refractivity contribution in [1.82, 2.24) is 9.88 Å². The van der Waals surface area contributed by atoms with Crippen LogP contribution in [0.15, 0.2) is 24.3 Å². The fourth-order valence-corrected chi connectivity index (χ4v) is 3.18. The van der Waals surface area contributed by atoms with E-state index in [0.717, 1.165) is 16.9 Å². The molecule has 8 heteroatoms. The molecule has 1 aromatic heterocycles. The lowest BCUT2D eigenvalue weighted by atomic mass is 10.1. The molecule has 0 unspecified atom stereocenters. The molecule has 0 saturated carbocycles. The van der Waals surface area contributed by atoms with Gasteiger partial charge in [-0.25, -0.2) is 0 Å². The van der Waals surface area contributed by atoms with Crippen molar-refractivity contribution >= 4 is 23.8 Å². The van der Waals surface area contributed by atoms with E-state index < -0.39 is 0 Å². The lowest BCUT2D eigenvalue weighted by Crippen LogP contribution is -2.31. The number of nitrogens with zero attached hydrogens (tertiary/aromatic N) is 1. The second kappa shape index (κ2) is 8.91. The van der Waals surface area contributed by atoms with E-state index in [1.54, 1.807) is 20.0 Å². The second-order valence-corrected chi connectivity index (χ2v) is 7.17. The summed E-state index contributed by atoms with van der Waals surface area (Å²) in [6.45, 7) is 4.78. The standard InChI is InChI=1S/C21H25N3O5/c1-13-8-17(19(11-25)22-13)21(27)24(3)6-7-28-12-14(2)29-16-4-5-18-15(9-16)10-20(26)23-18/h4-5,8-9,11,14,22H,6-7,10,12H2,1-3H3,(H,23,26)/t14-/m0/s1. The summed E-state index contributed by atoms with van der Waals surface area (Å²) in [5.41, 5.74) is 3.16. The summed E-state index contributed by atoms with van der Waals surface area (Å²) in [4.78, 5) is 39.3. The first-order chi connectivity index (χ1) is 13.9. The summed E-state index contributed by atoms with van der Waals surface area (Å²) in [5, 5.41) is 2.79. The maximum absolute atomic E-state index is 12.5. The minimum absolute atomic E-state index is 0.0118. The predicted molar refractivity (Wildman–Crippen MR) is 108 cm³/mol. The van der Waals surface area contributed by atoms with Crippen molar-refractivity contribution in [1.29, 1.82) is 0 Å². The number of fused-ring (bicyclic) bond motifs is 1. The van der Waals surface area contributed by atoms with Crippen LogP contribution in [0.3, 0.4) is 0 Å². The van der Waals surface area contributed by atoms with E-state index in [9.17, 15) is 14.4 Å². The molecule has 2 amide bonds. The highest BCUT2D eigenvalue weighted by molar-refractivity contribution is 6.01. The maximum atomic E-state index is 12.5. The minimum atomic E-state index is -0.231. The normalized spacial score (nSPS) is 13.6. The zero-order valence-electron chi connectivity index (χ0n) is 16.8. The summed E-state index contributed by atoms with van der Waals surface area (Å²) in [7, 11) is 1.67. The number of aromatic nitrogens is 1. The molecule has 0 spiro atoms. The Hall–Kier alpha value is -3.13. The molecule has 2 N–H and O–H groups in total. The van der Waals surface area contributed by atoms with E-state index >= 15 is 0 Å². The third-order valence-electron chi connectivity index (χ3n) is 4.64. The third kappa shape index (κ3) is 5.03. The van der Waals surface area contributed by atoms with Crippen molar-refractivity contribution in [2.24, 2.45) is 0 Å². The molecule has 2 aromatic rings. The smallest absolute Gasteiger partial charge is 0.255 e. The van der Waals surface area contributed by atoms with Crippen LogP contribution in [0.1, 0.15) is 39.0 Å². The van der Waals surface area contributed by atoms with Crippen LogP contribution in [0.25, 0.3) is 0 Å². The number of rotatable bonds is 9. The number of H-pyrrole nitrogens is 1. The first kappa shape index (κ1) is 20.6. The topological polar surface area (TPSA) is 101 Å². The fraction of sp³-hybridized carbons (Fsp3) is 0.381. The Balaban J connectivity index is 1.42. The van der Waals surface area contributed by atoms with E-state index in [2.05, 4.69) is 10.3 Å². The SMILES string of the molecule is Cc1cc(C(=O)N(C)CCOC[C@H](C)Oc2ccc3c(c2)CC(=O)N3)c(C=O)[nH]1. The number of likely N-dealkylation sites (N-methyl/N-ethyl adjacent to an activating group) is 1. The van der Waals surface area contributed by atoms with Crippen LogP contribution >= 0.6 is 0 Å². The highest BCUT2D eigenvalue weighted by Crippen LogP contribution is 2.27. The van der Waals surface area contributed by atoms with Crippen LogP contribution < -0.4 is 10.1 Å². The minimum Gasteiger partial charge on any atom is -0.488 e. The van der Waals surface area contributed by atoms with Gasteiger partial charge < -0.3 is 24.7 Å². The van der Waals surface area contributed by atoms with Crippen LogP contribution in [0.5, 0.6) is 5.75 Å². The van der Waals surface area contributed by atoms with Crippen molar-refractivity contribution in [2.45, 2.75) is 26.4 Å². The Morgan fingerprint density at radius 2 is 2.14 bits per heavy atom. The van der Waals surface area contributed by atoms with Gasteiger partial charge in [0.1, 0.15) is 11.9 Å². The average molecular weight is 399 g/mol.